The number of fused-ring (bicyclic) bond motifs is 1. The third-order valence-electron chi connectivity index (χ3n) is 2.26. The zero-order valence-electron chi connectivity index (χ0n) is 7.95. The highest BCUT2D eigenvalue weighted by Crippen LogP contribution is 2.12. The molecule has 3 nitrogen and oxygen atoms in total. The smallest absolute Gasteiger partial charge is 0.256 e. The molecule has 0 bridgehead atoms. The lowest BCUT2D eigenvalue weighted by Gasteiger charge is -2.06. The highest BCUT2D eigenvalue weighted by atomic mass is 16.1. The summed E-state index contributed by atoms with van der Waals surface area (Å²) in [6.45, 7) is 1.85. The van der Waals surface area contributed by atoms with E-state index in [0.717, 1.165) is 11.1 Å². The van der Waals surface area contributed by atoms with Crippen LogP contribution < -0.4 is 11.3 Å². The molecule has 1 aromatic heterocycles. The first kappa shape index (κ1) is 8.97. The molecule has 0 unspecified atom stereocenters. The van der Waals surface area contributed by atoms with Crippen LogP contribution in [0.5, 0.6) is 0 Å². The zero-order valence-corrected chi connectivity index (χ0v) is 7.95. The quantitative estimate of drug-likeness (QED) is 0.713. The topological polar surface area (TPSA) is 58.9 Å². The highest BCUT2D eigenvalue weighted by molar-refractivity contribution is 5.81. The number of rotatable bonds is 1. The van der Waals surface area contributed by atoms with Crippen LogP contribution in [0.1, 0.15) is 18.7 Å². The number of benzene rings is 1. The number of pyridine rings is 1. The predicted molar refractivity (Wildman–Crippen MR) is 57.2 cm³/mol. The van der Waals surface area contributed by atoms with Gasteiger partial charge in [-0.05, 0) is 24.4 Å². The largest absolute Gasteiger partial charge is 0.324 e. The molecule has 0 saturated heterocycles. The summed E-state index contributed by atoms with van der Waals surface area (Å²) in [5.41, 5.74) is 6.40. The number of aromatic nitrogens is 1. The summed E-state index contributed by atoms with van der Waals surface area (Å²) in [4.78, 5) is 14.4. The lowest BCUT2D eigenvalue weighted by Crippen LogP contribution is -2.15. The van der Waals surface area contributed by atoms with Crippen LogP contribution in [-0.4, -0.2) is 4.98 Å². The van der Waals surface area contributed by atoms with Gasteiger partial charge in [-0.1, -0.05) is 18.2 Å². The van der Waals surface area contributed by atoms with E-state index >= 15 is 0 Å². The molecule has 0 radical (unpaired) electrons. The van der Waals surface area contributed by atoms with Gasteiger partial charge in [0.15, 0.2) is 0 Å². The third kappa shape index (κ3) is 1.42. The molecule has 0 saturated carbocycles. The van der Waals surface area contributed by atoms with Crippen molar-refractivity contribution in [2.24, 2.45) is 5.73 Å². The second kappa shape index (κ2) is 3.27. The predicted octanol–water partition coefficient (Wildman–Crippen LogP) is 1.55. The van der Waals surface area contributed by atoms with Crippen molar-refractivity contribution in [3.63, 3.8) is 0 Å². The number of H-pyrrole nitrogens is 1. The van der Waals surface area contributed by atoms with Gasteiger partial charge in [-0.3, -0.25) is 4.79 Å². The summed E-state index contributed by atoms with van der Waals surface area (Å²) in [5, 5.41) is 1.64. The average molecular weight is 188 g/mol. The second-order valence-corrected chi connectivity index (χ2v) is 3.43. The summed E-state index contributed by atoms with van der Waals surface area (Å²) in [6, 6.07) is 9.25. The minimum Gasteiger partial charge on any atom is -0.324 e. The van der Waals surface area contributed by atoms with Crippen molar-refractivity contribution in [2.75, 3.05) is 0 Å². The molecule has 0 spiro atoms. The van der Waals surface area contributed by atoms with Crippen molar-refractivity contribution < 1.29 is 0 Å². The Balaban J connectivity index is 2.79. The minimum absolute atomic E-state index is 0.0737. The fourth-order valence-corrected chi connectivity index (χ4v) is 1.48. The van der Waals surface area contributed by atoms with Gasteiger partial charge in [0, 0.05) is 17.1 Å². The Labute approximate surface area is 81.6 Å². The normalized spacial score (nSPS) is 13.0. The average Bonchev–Trinajstić information content (AvgIpc) is 2.17. The molecule has 0 aliphatic carbocycles. The number of aromatic amines is 1. The fourth-order valence-electron chi connectivity index (χ4n) is 1.48. The van der Waals surface area contributed by atoms with Gasteiger partial charge in [0.1, 0.15) is 0 Å². The molecule has 2 rings (SSSR count). The van der Waals surface area contributed by atoms with Crippen molar-refractivity contribution in [1.29, 1.82) is 0 Å². The molecule has 0 aliphatic heterocycles. The first-order chi connectivity index (χ1) is 6.68. The van der Waals surface area contributed by atoms with Crippen molar-refractivity contribution in [2.45, 2.75) is 13.0 Å². The van der Waals surface area contributed by atoms with E-state index in [1.807, 2.05) is 31.2 Å². The third-order valence-corrected chi connectivity index (χ3v) is 2.26. The van der Waals surface area contributed by atoms with Crippen LogP contribution in [0.2, 0.25) is 0 Å². The van der Waals surface area contributed by atoms with E-state index in [0.29, 0.717) is 5.39 Å². The van der Waals surface area contributed by atoms with Crippen LogP contribution in [0.25, 0.3) is 10.8 Å². The maximum absolute atomic E-state index is 11.6. The molecule has 1 atom stereocenters. The molecule has 1 aromatic carbocycles. The molecule has 14 heavy (non-hydrogen) atoms. The number of hydrogen-bond acceptors (Lipinski definition) is 2. The maximum Gasteiger partial charge on any atom is 0.256 e. The van der Waals surface area contributed by atoms with Gasteiger partial charge in [-0.2, -0.15) is 0 Å². The van der Waals surface area contributed by atoms with Gasteiger partial charge < -0.3 is 10.7 Å². The van der Waals surface area contributed by atoms with Crippen LogP contribution in [0.3, 0.4) is 0 Å². The first-order valence-electron chi connectivity index (χ1n) is 4.56. The maximum atomic E-state index is 11.6. The summed E-state index contributed by atoms with van der Waals surface area (Å²) >= 11 is 0. The number of nitrogens with one attached hydrogen (secondary N) is 1. The lowest BCUT2D eigenvalue weighted by atomic mass is 10.1. The molecule has 1 heterocycles. The second-order valence-electron chi connectivity index (χ2n) is 3.43. The highest BCUT2D eigenvalue weighted by Gasteiger charge is 2.03. The molecule has 3 N–H and O–H groups in total. The standard InChI is InChI=1S/C11H12N2O/c1-7(12)10-6-8-4-2-3-5-9(8)11(14)13-10/h2-7H,12H2,1H3,(H,13,14)/t7-/m0/s1. The van der Waals surface area contributed by atoms with Gasteiger partial charge in [0.05, 0.1) is 0 Å². The Bertz CT molecular complexity index is 514. The van der Waals surface area contributed by atoms with Gasteiger partial charge in [-0.25, -0.2) is 0 Å². The van der Waals surface area contributed by atoms with Crippen molar-refractivity contribution in [3.05, 3.63) is 46.4 Å². The van der Waals surface area contributed by atoms with Crippen LogP contribution in [-0.2, 0) is 0 Å². The van der Waals surface area contributed by atoms with Crippen molar-refractivity contribution in [3.8, 4) is 0 Å². The molecular weight excluding hydrogens is 176 g/mol. The lowest BCUT2D eigenvalue weighted by molar-refractivity contribution is 0.779. The van der Waals surface area contributed by atoms with E-state index in [2.05, 4.69) is 4.98 Å². The first-order valence-corrected chi connectivity index (χ1v) is 4.56. The van der Waals surface area contributed by atoms with E-state index in [1.165, 1.54) is 0 Å². The van der Waals surface area contributed by atoms with Crippen LogP contribution in [0, 0.1) is 0 Å². The Morgan fingerprint density at radius 1 is 1.36 bits per heavy atom. The molecule has 2 aromatic rings. The van der Waals surface area contributed by atoms with E-state index < -0.39 is 0 Å². The monoisotopic (exact) mass is 188 g/mol. The number of nitrogens with two attached hydrogens (primary N) is 1. The van der Waals surface area contributed by atoms with E-state index in [-0.39, 0.29) is 11.6 Å². The van der Waals surface area contributed by atoms with Gasteiger partial charge in [0.2, 0.25) is 0 Å². The van der Waals surface area contributed by atoms with Crippen LogP contribution in [0.15, 0.2) is 35.1 Å². The molecule has 3 heteroatoms. The summed E-state index contributed by atoms with van der Waals surface area (Å²) in [5.74, 6) is 0. The van der Waals surface area contributed by atoms with Crippen LogP contribution >= 0.6 is 0 Å². The van der Waals surface area contributed by atoms with Gasteiger partial charge in [0.25, 0.3) is 5.56 Å². The SMILES string of the molecule is C[C@H](N)c1cc2ccccc2c(=O)[nH]1. The zero-order chi connectivity index (χ0) is 10.1. The van der Waals surface area contributed by atoms with Crippen molar-refractivity contribution in [1.82, 2.24) is 4.98 Å². The molecular formula is C11H12N2O. The molecule has 72 valence electrons. The molecule has 0 aliphatic rings. The Morgan fingerprint density at radius 3 is 2.79 bits per heavy atom. The van der Waals surface area contributed by atoms with Crippen molar-refractivity contribution >= 4 is 10.8 Å². The Kier molecular flexibility index (Phi) is 2.09. The van der Waals surface area contributed by atoms with Gasteiger partial charge >= 0.3 is 0 Å². The van der Waals surface area contributed by atoms with Gasteiger partial charge in [-0.15, -0.1) is 0 Å². The van der Waals surface area contributed by atoms with E-state index in [1.54, 1.807) is 6.07 Å². The Hall–Kier alpha value is -1.61. The Morgan fingerprint density at radius 2 is 2.07 bits per heavy atom. The van der Waals surface area contributed by atoms with Crippen LogP contribution in [0.4, 0.5) is 0 Å². The fraction of sp³-hybridized carbons (Fsp3) is 0.182. The summed E-state index contributed by atoms with van der Waals surface area (Å²) in [7, 11) is 0. The van der Waals surface area contributed by atoms with E-state index in [4.69, 9.17) is 5.73 Å². The van der Waals surface area contributed by atoms with E-state index in [9.17, 15) is 4.79 Å². The molecule has 0 fully saturated rings. The summed E-state index contributed by atoms with van der Waals surface area (Å²) in [6.07, 6.45) is 0. The minimum atomic E-state index is -0.146. The molecule has 0 amide bonds. The number of hydrogen-bond donors (Lipinski definition) is 2. The summed E-state index contributed by atoms with van der Waals surface area (Å²) < 4.78 is 0.